The SMILES string of the molecule is CCCCCc1ccc(C(=O)N(Cc2ccc(-c3noc(-c4ccncc4)n3)cc2)C2CCN(CCC(C)C)CC2)nc1. The lowest BCUT2D eigenvalue weighted by molar-refractivity contribution is 0.0540. The van der Waals surface area contributed by atoms with Crippen LogP contribution in [0.4, 0.5) is 0 Å². The molecule has 43 heavy (non-hydrogen) atoms. The number of nitrogens with zero attached hydrogens (tertiary/aromatic N) is 6. The molecule has 4 heterocycles. The van der Waals surface area contributed by atoms with Crippen LogP contribution in [0.15, 0.2) is 71.6 Å². The Hall–Kier alpha value is -3.91. The highest BCUT2D eigenvalue weighted by atomic mass is 16.5. The summed E-state index contributed by atoms with van der Waals surface area (Å²) >= 11 is 0. The zero-order chi connectivity index (χ0) is 30.0. The first-order valence-corrected chi connectivity index (χ1v) is 15.8. The monoisotopic (exact) mass is 580 g/mol. The molecule has 1 saturated heterocycles. The van der Waals surface area contributed by atoms with Crippen LogP contribution in [0.5, 0.6) is 0 Å². The molecule has 0 bridgehead atoms. The van der Waals surface area contributed by atoms with Crippen molar-refractivity contribution in [1.82, 2.24) is 29.9 Å². The van der Waals surface area contributed by atoms with Crippen molar-refractivity contribution in [2.75, 3.05) is 19.6 Å². The van der Waals surface area contributed by atoms with Crippen LogP contribution < -0.4 is 0 Å². The molecule has 0 unspecified atom stereocenters. The van der Waals surface area contributed by atoms with Crippen LogP contribution in [0, 0.1) is 5.92 Å². The van der Waals surface area contributed by atoms with E-state index in [2.05, 4.69) is 64.0 Å². The van der Waals surface area contributed by atoms with Crippen molar-refractivity contribution in [2.24, 2.45) is 5.92 Å². The maximum Gasteiger partial charge on any atom is 0.272 e. The number of rotatable bonds is 13. The fourth-order valence-corrected chi connectivity index (χ4v) is 5.60. The number of carbonyl (C=O) groups is 1. The van der Waals surface area contributed by atoms with Crippen molar-refractivity contribution in [2.45, 2.75) is 78.3 Å². The van der Waals surface area contributed by atoms with Gasteiger partial charge in [-0.25, -0.2) is 0 Å². The van der Waals surface area contributed by atoms with Crippen molar-refractivity contribution < 1.29 is 9.32 Å². The lowest BCUT2D eigenvalue weighted by atomic mass is 10.00. The average molecular weight is 581 g/mol. The molecule has 1 amide bonds. The van der Waals surface area contributed by atoms with Crippen molar-refractivity contribution in [3.63, 3.8) is 0 Å². The summed E-state index contributed by atoms with van der Waals surface area (Å²) in [5.74, 6) is 1.69. The van der Waals surface area contributed by atoms with Gasteiger partial charge in [-0.3, -0.25) is 14.8 Å². The number of benzene rings is 1. The lowest BCUT2D eigenvalue weighted by Gasteiger charge is -2.38. The Morgan fingerprint density at radius 2 is 1.72 bits per heavy atom. The second-order valence-corrected chi connectivity index (χ2v) is 12.1. The summed E-state index contributed by atoms with van der Waals surface area (Å²) in [5.41, 5.74) is 4.47. The molecule has 8 nitrogen and oxygen atoms in total. The number of piperidine rings is 1. The fraction of sp³-hybridized carbons (Fsp3) is 0.457. The normalized spacial score (nSPS) is 14.3. The summed E-state index contributed by atoms with van der Waals surface area (Å²) in [5, 5.41) is 4.17. The Morgan fingerprint density at radius 1 is 0.977 bits per heavy atom. The summed E-state index contributed by atoms with van der Waals surface area (Å²) < 4.78 is 5.48. The summed E-state index contributed by atoms with van der Waals surface area (Å²) in [4.78, 5) is 31.8. The standard InChI is InChI=1S/C35H44N6O2/c1-4-5-6-7-27-10-13-32(37-24-27)35(42)41(31-17-22-40(23-18-31)21-16-26(2)3)25-28-8-11-29(12-9-28)33-38-34(43-39-33)30-14-19-36-20-15-30/h8-15,19-20,24,26,31H,4-7,16-18,21-23,25H2,1-3H3. The Bertz CT molecular complexity index is 1410. The van der Waals surface area contributed by atoms with Crippen LogP contribution >= 0.6 is 0 Å². The topological polar surface area (TPSA) is 88.2 Å². The molecule has 0 saturated carbocycles. The van der Waals surface area contributed by atoms with E-state index in [1.807, 2.05) is 41.4 Å². The van der Waals surface area contributed by atoms with Crippen LogP contribution in [-0.4, -0.2) is 61.5 Å². The number of aromatic nitrogens is 4. The largest absolute Gasteiger partial charge is 0.334 e. The molecule has 0 aliphatic carbocycles. The van der Waals surface area contributed by atoms with E-state index in [0.717, 1.165) is 62.0 Å². The number of amides is 1. The molecule has 4 aromatic rings. The molecule has 3 aromatic heterocycles. The zero-order valence-corrected chi connectivity index (χ0v) is 25.8. The van der Waals surface area contributed by atoms with E-state index in [4.69, 9.17) is 4.52 Å². The summed E-state index contributed by atoms with van der Waals surface area (Å²) in [6, 6.07) is 15.9. The predicted molar refractivity (Wildman–Crippen MR) is 169 cm³/mol. The van der Waals surface area contributed by atoms with Gasteiger partial charge in [0.05, 0.1) is 0 Å². The molecular weight excluding hydrogens is 536 g/mol. The van der Waals surface area contributed by atoms with Gasteiger partial charge in [-0.2, -0.15) is 4.98 Å². The minimum absolute atomic E-state index is 0.00461. The van der Waals surface area contributed by atoms with Crippen molar-refractivity contribution in [3.05, 3.63) is 83.9 Å². The van der Waals surface area contributed by atoms with Crippen molar-refractivity contribution >= 4 is 5.91 Å². The molecular formula is C35H44N6O2. The third-order valence-electron chi connectivity index (χ3n) is 8.31. The maximum atomic E-state index is 14.0. The zero-order valence-electron chi connectivity index (χ0n) is 25.8. The lowest BCUT2D eigenvalue weighted by Crippen LogP contribution is -2.47. The number of hydrogen-bond donors (Lipinski definition) is 0. The van der Waals surface area contributed by atoms with Crippen LogP contribution in [0.1, 0.15) is 80.9 Å². The summed E-state index contributed by atoms with van der Waals surface area (Å²) in [6.45, 7) is 10.5. The average Bonchev–Trinajstić information content (AvgIpc) is 3.54. The van der Waals surface area contributed by atoms with Gasteiger partial charge in [0.1, 0.15) is 5.69 Å². The number of pyridine rings is 2. The summed E-state index contributed by atoms with van der Waals surface area (Å²) in [7, 11) is 0. The number of carbonyl (C=O) groups excluding carboxylic acids is 1. The number of hydrogen-bond acceptors (Lipinski definition) is 7. The maximum absolute atomic E-state index is 14.0. The van der Waals surface area contributed by atoms with E-state index >= 15 is 0 Å². The third-order valence-corrected chi connectivity index (χ3v) is 8.31. The second-order valence-electron chi connectivity index (χ2n) is 12.1. The first-order chi connectivity index (χ1) is 21.0. The van der Waals surface area contributed by atoms with Gasteiger partial charge >= 0.3 is 0 Å². The van der Waals surface area contributed by atoms with E-state index in [0.29, 0.717) is 29.9 Å². The highest BCUT2D eigenvalue weighted by Crippen LogP contribution is 2.25. The molecule has 1 aliphatic rings. The molecule has 1 fully saturated rings. The Kier molecular flexibility index (Phi) is 10.7. The van der Waals surface area contributed by atoms with Crippen LogP contribution in [0.3, 0.4) is 0 Å². The molecule has 0 radical (unpaired) electrons. The van der Waals surface area contributed by atoms with Gasteiger partial charge in [0.25, 0.3) is 11.8 Å². The quantitative estimate of drug-likeness (QED) is 0.156. The summed E-state index contributed by atoms with van der Waals surface area (Å²) in [6.07, 6.45) is 13.0. The molecule has 0 atom stereocenters. The van der Waals surface area contributed by atoms with Gasteiger partial charge in [-0.05, 0) is 73.9 Å². The van der Waals surface area contributed by atoms with Gasteiger partial charge in [-0.1, -0.05) is 69.1 Å². The minimum atomic E-state index is 0.00461. The van der Waals surface area contributed by atoms with Gasteiger partial charge < -0.3 is 14.3 Å². The number of aryl methyl sites for hydroxylation is 1. The third kappa shape index (κ3) is 8.35. The highest BCUT2D eigenvalue weighted by molar-refractivity contribution is 5.92. The van der Waals surface area contributed by atoms with Gasteiger partial charge in [0, 0.05) is 55.4 Å². The molecule has 5 rings (SSSR count). The van der Waals surface area contributed by atoms with Crippen molar-refractivity contribution in [3.8, 4) is 22.8 Å². The Morgan fingerprint density at radius 3 is 2.40 bits per heavy atom. The van der Waals surface area contributed by atoms with E-state index in [-0.39, 0.29) is 11.9 Å². The van der Waals surface area contributed by atoms with E-state index in [9.17, 15) is 4.79 Å². The first kappa shape index (κ1) is 30.5. The number of likely N-dealkylation sites (tertiary alicyclic amines) is 1. The minimum Gasteiger partial charge on any atom is -0.334 e. The van der Waals surface area contributed by atoms with E-state index in [1.165, 1.54) is 24.8 Å². The van der Waals surface area contributed by atoms with Gasteiger partial charge in [-0.15, -0.1) is 0 Å². The second kappa shape index (κ2) is 15.0. The first-order valence-electron chi connectivity index (χ1n) is 15.8. The van der Waals surface area contributed by atoms with E-state index < -0.39 is 0 Å². The molecule has 226 valence electrons. The van der Waals surface area contributed by atoms with Crippen LogP contribution in [0.25, 0.3) is 22.8 Å². The number of unbranched alkanes of at least 4 members (excludes halogenated alkanes) is 2. The molecule has 0 spiro atoms. The van der Waals surface area contributed by atoms with Gasteiger partial charge in [0.15, 0.2) is 0 Å². The fourth-order valence-electron chi connectivity index (χ4n) is 5.60. The molecule has 1 aromatic carbocycles. The molecule has 1 aliphatic heterocycles. The van der Waals surface area contributed by atoms with E-state index in [1.54, 1.807) is 12.4 Å². The molecule has 8 heteroatoms. The highest BCUT2D eigenvalue weighted by Gasteiger charge is 2.29. The van der Waals surface area contributed by atoms with Crippen LogP contribution in [0.2, 0.25) is 0 Å². The van der Waals surface area contributed by atoms with Gasteiger partial charge in [0.2, 0.25) is 5.82 Å². The smallest absolute Gasteiger partial charge is 0.272 e. The molecule has 0 N–H and O–H groups in total. The predicted octanol–water partition coefficient (Wildman–Crippen LogP) is 7.08. The Balaban J connectivity index is 1.30. The van der Waals surface area contributed by atoms with Crippen LogP contribution in [-0.2, 0) is 13.0 Å². The van der Waals surface area contributed by atoms with Crippen molar-refractivity contribution in [1.29, 1.82) is 0 Å². The Labute approximate surface area is 255 Å².